The second-order valence-electron chi connectivity index (χ2n) is 4.58. The summed E-state index contributed by atoms with van der Waals surface area (Å²) in [5, 5.41) is 0.701. The fraction of sp³-hybridized carbons (Fsp3) is 0.571. The van der Waals surface area contributed by atoms with E-state index in [4.69, 9.17) is 26.8 Å². The summed E-state index contributed by atoms with van der Waals surface area (Å²) in [5.74, 6) is 0. The third-order valence-electron chi connectivity index (χ3n) is 3.13. The van der Waals surface area contributed by atoms with Gasteiger partial charge in [0.05, 0.1) is 13.2 Å². The smallest absolute Gasteiger partial charge is 0.0615 e. The number of hydrogen-bond donors (Lipinski definition) is 1. The number of anilines is 1. The lowest BCUT2D eigenvalue weighted by molar-refractivity contribution is 0.0706. The van der Waals surface area contributed by atoms with E-state index in [-0.39, 0.29) is 6.04 Å². The quantitative estimate of drug-likeness (QED) is 0.746. The van der Waals surface area contributed by atoms with Gasteiger partial charge in [-0.15, -0.1) is 0 Å². The first-order valence-corrected chi connectivity index (χ1v) is 6.72. The SMILES string of the molecule is COCCN(Cc1c(N)cccc1Cl)C(C)COC. The van der Waals surface area contributed by atoms with Gasteiger partial charge in [0.25, 0.3) is 0 Å². The van der Waals surface area contributed by atoms with Crippen molar-refractivity contribution in [1.82, 2.24) is 4.90 Å². The predicted molar refractivity (Wildman–Crippen MR) is 79.5 cm³/mol. The standard InChI is InChI=1S/C14H23ClN2O2/c1-11(10-19-3)17(7-8-18-2)9-12-13(15)5-4-6-14(12)16/h4-6,11H,7-10,16H2,1-3H3. The van der Waals surface area contributed by atoms with Crippen LogP contribution in [0.3, 0.4) is 0 Å². The maximum Gasteiger partial charge on any atom is 0.0615 e. The van der Waals surface area contributed by atoms with Gasteiger partial charge in [-0.2, -0.15) is 0 Å². The average Bonchev–Trinajstić information content (AvgIpc) is 2.37. The van der Waals surface area contributed by atoms with E-state index >= 15 is 0 Å². The van der Waals surface area contributed by atoms with Crippen molar-refractivity contribution in [2.75, 3.05) is 39.7 Å². The third kappa shape index (κ3) is 4.99. The summed E-state index contributed by atoms with van der Waals surface area (Å²) >= 11 is 6.22. The summed E-state index contributed by atoms with van der Waals surface area (Å²) in [5.41, 5.74) is 7.68. The Morgan fingerprint density at radius 1 is 1.32 bits per heavy atom. The number of nitrogens with zero attached hydrogens (tertiary/aromatic N) is 1. The maximum absolute atomic E-state index is 6.22. The molecule has 0 aromatic heterocycles. The number of hydrogen-bond acceptors (Lipinski definition) is 4. The van der Waals surface area contributed by atoms with Crippen LogP contribution < -0.4 is 5.73 Å². The van der Waals surface area contributed by atoms with Crippen LogP contribution in [0.2, 0.25) is 5.02 Å². The zero-order chi connectivity index (χ0) is 14.3. The van der Waals surface area contributed by atoms with E-state index in [0.29, 0.717) is 24.8 Å². The molecule has 0 radical (unpaired) electrons. The Balaban J connectivity index is 2.81. The van der Waals surface area contributed by atoms with E-state index in [1.807, 2.05) is 18.2 Å². The summed E-state index contributed by atoms with van der Waals surface area (Å²) in [6.07, 6.45) is 0. The van der Waals surface area contributed by atoms with Crippen molar-refractivity contribution in [1.29, 1.82) is 0 Å². The van der Waals surface area contributed by atoms with Crippen molar-refractivity contribution >= 4 is 17.3 Å². The summed E-state index contributed by atoms with van der Waals surface area (Å²) in [4.78, 5) is 2.25. The molecule has 5 heteroatoms. The van der Waals surface area contributed by atoms with Crippen LogP contribution >= 0.6 is 11.6 Å². The van der Waals surface area contributed by atoms with E-state index in [2.05, 4.69) is 11.8 Å². The van der Waals surface area contributed by atoms with Crippen LogP contribution in [0.4, 0.5) is 5.69 Å². The molecule has 0 aliphatic carbocycles. The molecule has 0 aliphatic heterocycles. The fourth-order valence-electron chi connectivity index (χ4n) is 1.96. The first kappa shape index (κ1) is 16.2. The van der Waals surface area contributed by atoms with E-state index in [0.717, 1.165) is 17.8 Å². The Morgan fingerprint density at radius 2 is 2.05 bits per heavy atom. The summed E-state index contributed by atoms with van der Waals surface area (Å²) < 4.78 is 10.4. The summed E-state index contributed by atoms with van der Waals surface area (Å²) in [7, 11) is 3.40. The average molecular weight is 287 g/mol. The minimum Gasteiger partial charge on any atom is -0.398 e. The van der Waals surface area contributed by atoms with E-state index in [1.165, 1.54) is 0 Å². The first-order valence-electron chi connectivity index (χ1n) is 6.35. The molecule has 0 amide bonds. The van der Waals surface area contributed by atoms with Crippen molar-refractivity contribution in [3.8, 4) is 0 Å². The van der Waals surface area contributed by atoms with Gasteiger partial charge in [-0.1, -0.05) is 17.7 Å². The van der Waals surface area contributed by atoms with Crippen LogP contribution in [0.25, 0.3) is 0 Å². The molecule has 0 fully saturated rings. The molecule has 1 unspecified atom stereocenters. The molecule has 1 rings (SSSR count). The van der Waals surface area contributed by atoms with Gasteiger partial charge in [-0.3, -0.25) is 4.90 Å². The van der Waals surface area contributed by atoms with Crippen molar-refractivity contribution < 1.29 is 9.47 Å². The molecule has 108 valence electrons. The van der Waals surface area contributed by atoms with Crippen LogP contribution in [0.15, 0.2) is 18.2 Å². The van der Waals surface area contributed by atoms with Gasteiger partial charge in [0.2, 0.25) is 0 Å². The Bertz CT molecular complexity index is 367. The molecular weight excluding hydrogens is 264 g/mol. The molecule has 0 aliphatic rings. The summed E-state index contributed by atoms with van der Waals surface area (Å²) in [6, 6.07) is 5.87. The van der Waals surface area contributed by atoms with E-state index < -0.39 is 0 Å². The van der Waals surface area contributed by atoms with Crippen molar-refractivity contribution in [3.63, 3.8) is 0 Å². The molecule has 1 atom stereocenters. The highest BCUT2D eigenvalue weighted by Gasteiger charge is 2.16. The molecule has 4 nitrogen and oxygen atoms in total. The molecule has 0 saturated heterocycles. The van der Waals surface area contributed by atoms with Gasteiger partial charge in [0.15, 0.2) is 0 Å². The minimum absolute atomic E-state index is 0.274. The maximum atomic E-state index is 6.22. The second kappa shape index (κ2) is 8.38. The molecule has 0 bridgehead atoms. The molecule has 1 aromatic carbocycles. The summed E-state index contributed by atoms with van der Waals surface area (Å²) in [6.45, 7) is 4.95. The van der Waals surface area contributed by atoms with Crippen molar-refractivity contribution in [2.45, 2.75) is 19.5 Å². The van der Waals surface area contributed by atoms with Gasteiger partial charge in [0, 0.05) is 49.6 Å². The molecule has 0 spiro atoms. The Hall–Kier alpha value is -0.810. The van der Waals surface area contributed by atoms with E-state index in [1.54, 1.807) is 14.2 Å². The van der Waals surface area contributed by atoms with Crippen LogP contribution in [0, 0.1) is 0 Å². The highest BCUT2D eigenvalue weighted by atomic mass is 35.5. The Kier molecular flexibility index (Phi) is 7.16. The normalized spacial score (nSPS) is 12.9. The number of rotatable bonds is 8. The molecule has 1 aromatic rings. The van der Waals surface area contributed by atoms with E-state index in [9.17, 15) is 0 Å². The molecule has 0 heterocycles. The van der Waals surface area contributed by atoms with Crippen LogP contribution in [-0.4, -0.2) is 44.9 Å². The second-order valence-corrected chi connectivity index (χ2v) is 4.98. The van der Waals surface area contributed by atoms with Crippen LogP contribution in [0.5, 0.6) is 0 Å². The number of ether oxygens (including phenoxy) is 2. The zero-order valence-corrected chi connectivity index (χ0v) is 12.6. The number of nitrogen functional groups attached to an aromatic ring is 1. The number of methoxy groups -OCH3 is 2. The lowest BCUT2D eigenvalue weighted by Crippen LogP contribution is -2.38. The largest absolute Gasteiger partial charge is 0.398 e. The van der Waals surface area contributed by atoms with Gasteiger partial charge in [0.1, 0.15) is 0 Å². The fourth-order valence-corrected chi connectivity index (χ4v) is 2.20. The molecular formula is C14H23ClN2O2. The Morgan fingerprint density at radius 3 is 2.63 bits per heavy atom. The van der Waals surface area contributed by atoms with Crippen molar-refractivity contribution in [2.24, 2.45) is 0 Å². The van der Waals surface area contributed by atoms with Gasteiger partial charge >= 0.3 is 0 Å². The molecule has 0 saturated carbocycles. The van der Waals surface area contributed by atoms with Crippen LogP contribution in [0.1, 0.15) is 12.5 Å². The lowest BCUT2D eigenvalue weighted by atomic mass is 10.1. The zero-order valence-electron chi connectivity index (χ0n) is 11.9. The monoisotopic (exact) mass is 286 g/mol. The van der Waals surface area contributed by atoms with Gasteiger partial charge in [-0.05, 0) is 19.1 Å². The number of halogens is 1. The van der Waals surface area contributed by atoms with Crippen LogP contribution in [-0.2, 0) is 16.0 Å². The van der Waals surface area contributed by atoms with Gasteiger partial charge < -0.3 is 15.2 Å². The topological polar surface area (TPSA) is 47.7 Å². The molecule has 2 N–H and O–H groups in total. The third-order valence-corrected chi connectivity index (χ3v) is 3.48. The number of benzene rings is 1. The van der Waals surface area contributed by atoms with Crippen molar-refractivity contribution in [3.05, 3.63) is 28.8 Å². The minimum atomic E-state index is 0.274. The number of nitrogens with two attached hydrogens (primary N) is 1. The predicted octanol–water partition coefficient (Wildman–Crippen LogP) is 2.41. The molecule has 19 heavy (non-hydrogen) atoms. The van der Waals surface area contributed by atoms with Gasteiger partial charge in [-0.25, -0.2) is 0 Å². The highest BCUT2D eigenvalue weighted by Crippen LogP contribution is 2.24. The Labute approximate surface area is 120 Å². The lowest BCUT2D eigenvalue weighted by Gasteiger charge is -2.29. The first-order chi connectivity index (χ1) is 9.10. The highest BCUT2D eigenvalue weighted by molar-refractivity contribution is 6.31.